The van der Waals surface area contributed by atoms with E-state index in [9.17, 15) is 9.90 Å². The number of carbonyl (C=O) groups excluding carboxylic acids is 1. The third kappa shape index (κ3) is 5.53. The van der Waals surface area contributed by atoms with E-state index in [2.05, 4.69) is 16.3 Å². The molecule has 2 fully saturated rings. The van der Waals surface area contributed by atoms with E-state index in [1.165, 1.54) is 6.42 Å². The Labute approximate surface area is 195 Å². The van der Waals surface area contributed by atoms with Gasteiger partial charge in [0.15, 0.2) is 0 Å². The molecule has 6 nitrogen and oxygen atoms in total. The largest absolute Gasteiger partial charge is 0.466 e. The van der Waals surface area contributed by atoms with Gasteiger partial charge in [0.05, 0.1) is 23.6 Å². The minimum Gasteiger partial charge on any atom is -0.466 e. The Hall–Kier alpha value is -1.89. The summed E-state index contributed by atoms with van der Waals surface area (Å²) in [5.41, 5.74) is 1.31. The van der Waals surface area contributed by atoms with Gasteiger partial charge in [-0.1, -0.05) is 36.9 Å². The fraction of sp³-hybridized carbons (Fsp3) is 0.600. The lowest BCUT2D eigenvalue weighted by molar-refractivity contribution is -0.148. The van der Waals surface area contributed by atoms with Gasteiger partial charge in [0, 0.05) is 42.2 Å². The summed E-state index contributed by atoms with van der Waals surface area (Å²) in [6.45, 7) is 4.90. The van der Waals surface area contributed by atoms with E-state index in [1.807, 2.05) is 25.1 Å². The van der Waals surface area contributed by atoms with Crippen molar-refractivity contribution >= 4 is 34.3 Å². The van der Waals surface area contributed by atoms with Gasteiger partial charge in [-0.2, -0.15) is 0 Å². The van der Waals surface area contributed by atoms with Gasteiger partial charge in [0.25, 0.3) is 0 Å². The summed E-state index contributed by atoms with van der Waals surface area (Å²) in [4.78, 5) is 19.5. The maximum Gasteiger partial charge on any atom is 0.310 e. The number of aliphatic hydroxyl groups is 1. The van der Waals surface area contributed by atoms with E-state index in [1.54, 1.807) is 0 Å². The van der Waals surface area contributed by atoms with Crippen molar-refractivity contribution in [3.8, 4) is 0 Å². The van der Waals surface area contributed by atoms with Gasteiger partial charge in [-0.25, -0.2) is 4.98 Å². The molecule has 0 bridgehead atoms. The number of carbonyl (C=O) groups is 1. The molecule has 2 aromatic rings. The molecule has 2 aliphatic rings. The number of benzene rings is 1. The highest BCUT2D eigenvalue weighted by Crippen LogP contribution is 2.31. The first kappa shape index (κ1) is 23.3. The highest BCUT2D eigenvalue weighted by atomic mass is 35.5. The number of ether oxygens (including phenoxy) is 1. The normalized spacial score (nSPS) is 21.0. The van der Waals surface area contributed by atoms with Crippen molar-refractivity contribution in [2.24, 2.45) is 5.92 Å². The third-order valence-electron chi connectivity index (χ3n) is 6.73. The number of esters is 1. The molecule has 2 heterocycles. The number of hydrogen-bond acceptors (Lipinski definition) is 6. The summed E-state index contributed by atoms with van der Waals surface area (Å²) in [6.07, 6.45) is 6.86. The minimum absolute atomic E-state index is 0.125. The number of halogens is 1. The molecule has 1 unspecified atom stereocenters. The number of pyridine rings is 1. The second-order valence-corrected chi connectivity index (χ2v) is 9.67. The summed E-state index contributed by atoms with van der Waals surface area (Å²) in [5.74, 6) is 0.626. The van der Waals surface area contributed by atoms with Gasteiger partial charge in [-0.3, -0.25) is 4.79 Å². The van der Waals surface area contributed by atoms with Crippen molar-refractivity contribution in [2.75, 3.05) is 31.1 Å². The van der Waals surface area contributed by atoms with Crippen LogP contribution in [0.2, 0.25) is 5.02 Å². The van der Waals surface area contributed by atoms with Crippen molar-refractivity contribution in [1.29, 1.82) is 0 Å². The zero-order valence-electron chi connectivity index (χ0n) is 18.9. The Morgan fingerprint density at radius 3 is 2.88 bits per heavy atom. The minimum atomic E-state index is -0.615. The van der Waals surface area contributed by atoms with Crippen LogP contribution < -0.4 is 10.2 Å². The highest BCUT2D eigenvalue weighted by molar-refractivity contribution is 6.31. The van der Waals surface area contributed by atoms with Crippen molar-refractivity contribution in [3.63, 3.8) is 0 Å². The predicted molar refractivity (Wildman–Crippen MR) is 128 cm³/mol. The summed E-state index contributed by atoms with van der Waals surface area (Å²) in [5, 5.41) is 16.0. The zero-order valence-corrected chi connectivity index (χ0v) is 19.7. The summed E-state index contributed by atoms with van der Waals surface area (Å²) in [6, 6.07) is 7.91. The summed E-state index contributed by atoms with van der Waals surface area (Å²) < 4.78 is 5.28. The van der Waals surface area contributed by atoms with E-state index < -0.39 is 5.60 Å². The van der Waals surface area contributed by atoms with Gasteiger partial charge in [-0.15, -0.1) is 0 Å². The molecule has 2 N–H and O–H groups in total. The monoisotopic (exact) mass is 459 g/mol. The van der Waals surface area contributed by atoms with Gasteiger partial charge >= 0.3 is 5.97 Å². The van der Waals surface area contributed by atoms with Crippen LogP contribution in [-0.4, -0.2) is 47.9 Å². The number of hydrogen-bond donors (Lipinski definition) is 2. The van der Waals surface area contributed by atoms with Crippen LogP contribution in [0.4, 0.5) is 5.82 Å². The number of rotatable bonds is 7. The molecule has 4 rings (SSSR count). The highest BCUT2D eigenvalue weighted by Gasteiger charge is 2.30. The molecular formula is C25H34ClN3O3. The Kier molecular flexibility index (Phi) is 7.54. The lowest BCUT2D eigenvalue weighted by Crippen LogP contribution is -2.42. The molecule has 1 saturated heterocycles. The van der Waals surface area contributed by atoms with E-state index in [4.69, 9.17) is 21.3 Å². The molecule has 1 aliphatic heterocycles. The third-order valence-corrected chi connectivity index (χ3v) is 6.97. The van der Waals surface area contributed by atoms with Crippen molar-refractivity contribution in [2.45, 2.75) is 64.0 Å². The fourth-order valence-electron chi connectivity index (χ4n) is 5.02. The molecule has 0 radical (unpaired) electrons. The molecule has 7 heteroatoms. The van der Waals surface area contributed by atoms with Gasteiger partial charge in [-0.05, 0) is 50.8 Å². The molecule has 0 spiro atoms. The number of nitrogens with zero attached hydrogens (tertiary/aromatic N) is 2. The van der Waals surface area contributed by atoms with Crippen molar-refractivity contribution in [1.82, 2.24) is 10.3 Å². The second-order valence-electron chi connectivity index (χ2n) is 9.23. The number of anilines is 1. The first-order chi connectivity index (χ1) is 15.5. The average molecular weight is 460 g/mol. The number of nitrogens with one attached hydrogen (secondary N) is 1. The van der Waals surface area contributed by atoms with E-state index in [-0.39, 0.29) is 11.9 Å². The van der Waals surface area contributed by atoms with Crippen LogP contribution in [0.25, 0.3) is 10.9 Å². The number of aromatic nitrogens is 1. The first-order valence-electron chi connectivity index (χ1n) is 11.9. The smallest absolute Gasteiger partial charge is 0.310 e. The molecular weight excluding hydrogens is 426 g/mol. The standard InChI is InChI=1S/C25H34ClN3O3/c1-2-32-24(30)19-7-6-12-29(16-19)23-20(13-18-8-9-21(26)14-22(18)28-23)15-27-17-25(31)10-4-3-5-11-25/h8-9,13-14,19,27,31H,2-7,10-12,15-17H2,1H3. The molecule has 0 amide bonds. The van der Waals surface area contributed by atoms with E-state index >= 15 is 0 Å². The lowest BCUT2D eigenvalue weighted by atomic mass is 9.85. The maximum absolute atomic E-state index is 12.4. The quantitative estimate of drug-likeness (QED) is 0.596. The van der Waals surface area contributed by atoms with Gasteiger partial charge in [0.2, 0.25) is 0 Å². The molecule has 1 aliphatic carbocycles. The van der Waals surface area contributed by atoms with Crippen molar-refractivity contribution in [3.05, 3.63) is 34.9 Å². The average Bonchev–Trinajstić information content (AvgIpc) is 2.79. The Morgan fingerprint density at radius 2 is 2.09 bits per heavy atom. The Balaban J connectivity index is 1.57. The SMILES string of the molecule is CCOC(=O)C1CCCN(c2nc3cc(Cl)ccc3cc2CNCC2(O)CCCCC2)C1. The van der Waals surface area contributed by atoms with E-state index in [0.717, 1.165) is 67.4 Å². The van der Waals surface area contributed by atoms with Crippen molar-refractivity contribution < 1.29 is 14.6 Å². The Morgan fingerprint density at radius 1 is 1.28 bits per heavy atom. The molecule has 1 aromatic heterocycles. The van der Waals surface area contributed by atoms with Crippen LogP contribution in [0.15, 0.2) is 24.3 Å². The van der Waals surface area contributed by atoms with Gasteiger partial charge < -0.3 is 20.1 Å². The maximum atomic E-state index is 12.4. The van der Waals surface area contributed by atoms with Crippen LogP contribution in [0.3, 0.4) is 0 Å². The molecule has 1 aromatic carbocycles. The topological polar surface area (TPSA) is 74.7 Å². The number of fused-ring (bicyclic) bond motifs is 1. The predicted octanol–water partition coefficient (Wildman–Crippen LogP) is 4.45. The van der Waals surface area contributed by atoms with E-state index in [0.29, 0.717) is 31.3 Å². The van der Waals surface area contributed by atoms with Crippen LogP contribution >= 0.6 is 11.6 Å². The summed E-state index contributed by atoms with van der Waals surface area (Å²) in [7, 11) is 0. The molecule has 1 atom stereocenters. The molecule has 1 saturated carbocycles. The molecule has 32 heavy (non-hydrogen) atoms. The fourth-order valence-corrected chi connectivity index (χ4v) is 5.18. The van der Waals surface area contributed by atoms with Crippen LogP contribution in [0.5, 0.6) is 0 Å². The Bertz CT molecular complexity index is 945. The van der Waals surface area contributed by atoms with Gasteiger partial charge in [0.1, 0.15) is 5.82 Å². The lowest BCUT2D eigenvalue weighted by Gasteiger charge is -2.34. The zero-order chi connectivity index (χ0) is 22.6. The van der Waals surface area contributed by atoms with Crippen LogP contribution in [0.1, 0.15) is 57.4 Å². The first-order valence-corrected chi connectivity index (χ1v) is 12.3. The van der Waals surface area contributed by atoms with Crippen LogP contribution in [-0.2, 0) is 16.1 Å². The second kappa shape index (κ2) is 10.4. The molecule has 174 valence electrons. The van der Waals surface area contributed by atoms with Crippen LogP contribution in [0, 0.1) is 5.92 Å². The summed E-state index contributed by atoms with van der Waals surface area (Å²) >= 11 is 6.23. The number of piperidine rings is 1.